The van der Waals surface area contributed by atoms with Gasteiger partial charge in [-0.15, -0.1) is 24.0 Å². The van der Waals surface area contributed by atoms with Crippen LogP contribution in [0.25, 0.3) is 0 Å². The summed E-state index contributed by atoms with van der Waals surface area (Å²) in [5.74, 6) is 3.28. The van der Waals surface area contributed by atoms with Gasteiger partial charge in [-0.05, 0) is 45.4 Å². The Bertz CT molecular complexity index is 445. The number of nitrogens with one attached hydrogen (secondary N) is 2. The fourth-order valence-corrected chi connectivity index (χ4v) is 2.57. The molecule has 0 saturated heterocycles. The number of rotatable bonds is 3. The summed E-state index contributed by atoms with van der Waals surface area (Å²) in [6.45, 7) is 6.79. The molecule has 1 aromatic rings. The molecule has 5 nitrogen and oxygen atoms in total. The Hall–Kier alpha value is -0.790. The van der Waals surface area contributed by atoms with Crippen molar-refractivity contribution in [1.29, 1.82) is 0 Å². The van der Waals surface area contributed by atoms with Gasteiger partial charge in [-0.1, -0.05) is 6.92 Å². The van der Waals surface area contributed by atoms with E-state index < -0.39 is 0 Å². The highest BCUT2D eigenvalue weighted by atomic mass is 127. The lowest BCUT2D eigenvalue weighted by atomic mass is 9.87. The Balaban J connectivity index is 0.00000220. The summed E-state index contributed by atoms with van der Waals surface area (Å²) in [5.41, 5.74) is 0.950. The second-order valence-electron chi connectivity index (χ2n) is 5.78. The molecule has 0 aromatic carbocycles. The van der Waals surface area contributed by atoms with E-state index in [0.29, 0.717) is 18.5 Å². The molecule has 120 valence electrons. The van der Waals surface area contributed by atoms with Gasteiger partial charge in [0.1, 0.15) is 5.76 Å². The van der Waals surface area contributed by atoms with Crippen molar-refractivity contribution in [3.8, 4) is 0 Å². The van der Waals surface area contributed by atoms with Crippen molar-refractivity contribution in [1.82, 2.24) is 15.6 Å². The van der Waals surface area contributed by atoms with Crippen molar-refractivity contribution < 1.29 is 4.42 Å². The highest BCUT2D eigenvalue weighted by Gasteiger charge is 2.19. The van der Waals surface area contributed by atoms with Crippen LogP contribution in [-0.2, 0) is 6.54 Å². The molecule has 0 atom stereocenters. The molecule has 6 heteroatoms. The molecule has 2 rings (SSSR count). The van der Waals surface area contributed by atoms with Crippen molar-refractivity contribution in [2.75, 3.05) is 7.05 Å². The molecule has 1 heterocycles. The summed E-state index contributed by atoms with van der Waals surface area (Å²) in [5, 5.41) is 6.75. The van der Waals surface area contributed by atoms with Crippen LogP contribution < -0.4 is 10.6 Å². The Morgan fingerprint density at radius 1 is 1.29 bits per heavy atom. The zero-order valence-corrected chi connectivity index (χ0v) is 15.7. The number of hydrogen-bond acceptors (Lipinski definition) is 3. The monoisotopic (exact) mass is 406 g/mol. The number of guanidine groups is 1. The van der Waals surface area contributed by atoms with E-state index in [-0.39, 0.29) is 24.0 Å². The first-order valence-corrected chi connectivity index (χ1v) is 7.48. The molecule has 0 amide bonds. The van der Waals surface area contributed by atoms with Crippen LogP contribution in [0.1, 0.15) is 50.0 Å². The van der Waals surface area contributed by atoms with Crippen molar-refractivity contribution in [2.45, 2.75) is 59.0 Å². The van der Waals surface area contributed by atoms with E-state index in [1.165, 1.54) is 25.7 Å². The SMILES string of the molecule is CN=C(NCc1nc(C)c(C)o1)NC1CCC(C)CC1.I. The molecule has 0 bridgehead atoms. The van der Waals surface area contributed by atoms with Crippen LogP contribution in [0.5, 0.6) is 0 Å². The van der Waals surface area contributed by atoms with Crippen molar-refractivity contribution in [3.05, 3.63) is 17.3 Å². The van der Waals surface area contributed by atoms with Crippen LogP contribution in [0.2, 0.25) is 0 Å². The normalized spacial score (nSPS) is 22.6. The molecule has 0 aliphatic heterocycles. The van der Waals surface area contributed by atoms with Crippen LogP contribution in [0.3, 0.4) is 0 Å². The number of aryl methyl sites for hydroxylation is 2. The van der Waals surface area contributed by atoms with Gasteiger partial charge in [0.2, 0.25) is 5.89 Å². The number of aromatic nitrogens is 1. The molecule has 1 aliphatic rings. The number of oxazole rings is 1. The third-order valence-corrected chi connectivity index (χ3v) is 4.06. The summed E-state index contributed by atoms with van der Waals surface area (Å²) in [4.78, 5) is 8.63. The van der Waals surface area contributed by atoms with Gasteiger partial charge in [-0.3, -0.25) is 4.99 Å². The highest BCUT2D eigenvalue weighted by Crippen LogP contribution is 2.23. The first kappa shape index (κ1) is 18.3. The summed E-state index contributed by atoms with van der Waals surface area (Å²) >= 11 is 0. The van der Waals surface area contributed by atoms with Gasteiger partial charge in [-0.25, -0.2) is 4.98 Å². The highest BCUT2D eigenvalue weighted by molar-refractivity contribution is 14.0. The van der Waals surface area contributed by atoms with E-state index in [4.69, 9.17) is 4.42 Å². The average molecular weight is 406 g/mol. The molecule has 1 fully saturated rings. The molecule has 1 aromatic heterocycles. The van der Waals surface area contributed by atoms with E-state index >= 15 is 0 Å². The topological polar surface area (TPSA) is 62.5 Å². The minimum absolute atomic E-state index is 0. The van der Waals surface area contributed by atoms with E-state index in [0.717, 1.165) is 23.3 Å². The van der Waals surface area contributed by atoms with Gasteiger partial charge < -0.3 is 15.1 Å². The molecule has 0 unspecified atom stereocenters. The quantitative estimate of drug-likeness (QED) is 0.460. The third kappa shape index (κ3) is 5.48. The van der Waals surface area contributed by atoms with Gasteiger partial charge >= 0.3 is 0 Å². The summed E-state index contributed by atoms with van der Waals surface area (Å²) in [6.07, 6.45) is 5.04. The molecule has 21 heavy (non-hydrogen) atoms. The van der Waals surface area contributed by atoms with E-state index in [1.807, 2.05) is 13.8 Å². The number of halogens is 1. The Morgan fingerprint density at radius 2 is 1.95 bits per heavy atom. The molecule has 1 aliphatic carbocycles. The van der Waals surface area contributed by atoms with Crippen LogP contribution >= 0.6 is 24.0 Å². The second kappa shape index (κ2) is 8.60. The molecular weight excluding hydrogens is 379 g/mol. The zero-order valence-electron chi connectivity index (χ0n) is 13.4. The summed E-state index contributed by atoms with van der Waals surface area (Å²) in [7, 11) is 1.80. The van der Waals surface area contributed by atoms with E-state index in [9.17, 15) is 0 Å². The third-order valence-electron chi connectivity index (χ3n) is 4.06. The lowest BCUT2D eigenvalue weighted by molar-refractivity contribution is 0.329. The van der Waals surface area contributed by atoms with Gasteiger partial charge in [0.05, 0.1) is 12.2 Å². The molecule has 0 radical (unpaired) electrons. The van der Waals surface area contributed by atoms with Crippen molar-refractivity contribution >= 4 is 29.9 Å². The first-order chi connectivity index (χ1) is 9.58. The first-order valence-electron chi connectivity index (χ1n) is 7.48. The lowest BCUT2D eigenvalue weighted by Gasteiger charge is -2.28. The predicted octanol–water partition coefficient (Wildman–Crippen LogP) is 3.15. The smallest absolute Gasteiger partial charge is 0.214 e. The van der Waals surface area contributed by atoms with E-state index in [1.54, 1.807) is 7.05 Å². The molecule has 0 spiro atoms. The van der Waals surface area contributed by atoms with Gasteiger partial charge in [0, 0.05) is 13.1 Å². The van der Waals surface area contributed by atoms with Gasteiger partial charge in [0.15, 0.2) is 5.96 Å². The van der Waals surface area contributed by atoms with Crippen molar-refractivity contribution in [3.63, 3.8) is 0 Å². The van der Waals surface area contributed by atoms with Gasteiger partial charge in [-0.2, -0.15) is 0 Å². The maximum atomic E-state index is 5.56. The van der Waals surface area contributed by atoms with E-state index in [2.05, 4.69) is 27.5 Å². The second-order valence-corrected chi connectivity index (χ2v) is 5.78. The zero-order chi connectivity index (χ0) is 14.5. The maximum absolute atomic E-state index is 5.56. The maximum Gasteiger partial charge on any atom is 0.214 e. The molecular formula is C15H27IN4O. The fraction of sp³-hybridized carbons (Fsp3) is 0.733. The molecule has 1 saturated carbocycles. The standard InChI is InChI=1S/C15H26N4O.HI/c1-10-5-7-13(8-6-10)19-15(16-4)17-9-14-18-11(2)12(3)20-14;/h10,13H,5-9H2,1-4H3,(H2,16,17,19);1H. The molecule has 2 N–H and O–H groups in total. The van der Waals surface area contributed by atoms with Crippen LogP contribution in [0, 0.1) is 19.8 Å². The predicted molar refractivity (Wildman–Crippen MR) is 96.1 cm³/mol. The Morgan fingerprint density at radius 3 is 2.48 bits per heavy atom. The Labute approximate surface area is 144 Å². The van der Waals surface area contributed by atoms with Crippen LogP contribution in [0.4, 0.5) is 0 Å². The van der Waals surface area contributed by atoms with Crippen LogP contribution in [-0.4, -0.2) is 24.0 Å². The minimum Gasteiger partial charge on any atom is -0.444 e. The van der Waals surface area contributed by atoms with Crippen molar-refractivity contribution in [2.24, 2.45) is 10.9 Å². The lowest BCUT2D eigenvalue weighted by Crippen LogP contribution is -2.44. The Kier molecular flexibility index (Phi) is 7.48. The largest absolute Gasteiger partial charge is 0.444 e. The number of hydrogen-bond donors (Lipinski definition) is 2. The minimum atomic E-state index is 0. The summed E-state index contributed by atoms with van der Waals surface area (Å²) < 4.78 is 5.56. The average Bonchev–Trinajstić information content (AvgIpc) is 2.76. The van der Waals surface area contributed by atoms with Crippen LogP contribution in [0.15, 0.2) is 9.41 Å². The number of nitrogens with zero attached hydrogens (tertiary/aromatic N) is 2. The number of aliphatic imine (C=N–C) groups is 1. The fourth-order valence-electron chi connectivity index (χ4n) is 2.57. The van der Waals surface area contributed by atoms with Gasteiger partial charge in [0.25, 0.3) is 0 Å². The summed E-state index contributed by atoms with van der Waals surface area (Å²) in [6, 6.07) is 0.533.